The molecule has 0 radical (unpaired) electrons. The van der Waals surface area contributed by atoms with Crippen molar-refractivity contribution in [3.63, 3.8) is 0 Å². The zero-order chi connectivity index (χ0) is 12.4. The van der Waals surface area contributed by atoms with Crippen LogP contribution in [0.4, 0.5) is 0 Å². The second-order valence-corrected chi connectivity index (χ2v) is 4.09. The smallest absolute Gasteiger partial charge is 0.121 e. The van der Waals surface area contributed by atoms with Crippen molar-refractivity contribution >= 4 is 17.2 Å². The van der Waals surface area contributed by atoms with Crippen LogP contribution in [0.5, 0.6) is 5.75 Å². The van der Waals surface area contributed by atoms with E-state index >= 15 is 0 Å². The molecule has 17 heavy (non-hydrogen) atoms. The Morgan fingerprint density at radius 1 is 1.41 bits per heavy atom. The van der Waals surface area contributed by atoms with Crippen LogP contribution in [0.25, 0.3) is 5.69 Å². The highest BCUT2D eigenvalue weighted by Crippen LogP contribution is 2.21. The summed E-state index contributed by atoms with van der Waals surface area (Å²) in [5.74, 6) is 0.744. The van der Waals surface area contributed by atoms with Crippen LogP contribution in [-0.2, 0) is 0 Å². The first-order chi connectivity index (χ1) is 8.11. The molecule has 2 rings (SSSR count). The molecule has 0 atom stereocenters. The van der Waals surface area contributed by atoms with Gasteiger partial charge in [0.2, 0.25) is 0 Å². The van der Waals surface area contributed by atoms with E-state index < -0.39 is 0 Å². The van der Waals surface area contributed by atoms with Gasteiger partial charge in [-0.1, -0.05) is 12.2 Å². The molecule has 0 amide bonds. The van der Waals surface area contributed by atoms with Gasteiger partial charge in [0, 0.05) is 17.8 Å². The average molecular weight is 247 g/mol. The standard InChI is InChI=1S/C12H13N3OS/c1-8-5-6-15(14-8)11-7-9(16-2)3-4-10(11)12(13)17/h3-7H,1-2H3,(H2,13,17). The number of rotatable bonds is 3. The lowest BCUT2D eigenvalue weighted by Crippen LogP contribution is -2.13. The number of hydrogen-bond donors (Lipinski definition) is 1. The van der Waals surface area contributed by atoms with Crippen LogP contribution >= 0.6 is 12.2 Å². The highest BCUT2D eigenvalue weighted by Gasteiger charge is 2.09. The molecule has 4 nitrogen and oxygen atoms in total. The summed E-state index contributed by atoms with van der Waals surface area (Å²) in [6, 6.07) is 7.45. The molecular weight excluding hydrogens is 234 g/mol. The van der Waals surface area contributed by atoms with Gasteiger partial charge in [-0.3, -0.25) is 0 Å². The van der Waals surface area contributed by atoms with Crippen molar-refractivity contribution in [2.45, 2.75) is 6.92 Å². The fourth-order valence-electron chi connectivity index (χ4n) is 1.59. The predicted molar refractivity (Wildman–Crippen MR) is 70.7 cm³/mol. The van der Waals surface area contributed by atoms with Crippen LogP contribution in [-0.4, -0.2) is 21.9 Å². The van der Waals surface area contributed by atoms with Crippen molar-refractivity contribution in [2.75, 3.05) is 7.11 Å². The highest BCUT2D eigenvalue weighted by molar-refractivity contribution is 7.80. The van der Waals surface area contributed by atoms with E-state index in [1.807, 2.05) is 37.4 Å². The van der Waals surface area contributed by atoms with Crippen LogP contribution in [0.1, 0.15) is 11.3 Å². The normalized spacial score (nSPS) is 10.2. The Hall–Kier alpha value is -1.88. The van der Waals surface area contributed by atoms with Crippen molar-refractivity contribution in [3.8, 4) is 11.4 Å². The summed E-state index contributed by atoms with van der Waals surface area (Å²) in [4.78, 5) is 0.343. The summed E-state index contributed by atoms with van der Waals surface area (Å²) in [6.45, 7) is 1.93. The lowest BCUT2D eigenvalue weighted by molar-refractivity contribution is 0.414. The Morgan fingerprint density at radius 2 is 2.18 bits per heavy atom. The molecular formula is C12H13N3OS. The van der Waals surface area contributed by atoms with Crippen molar-refractivity contribution < 1.29 is 4.74 Å². The Kier molecular flexibility index (Phi) is 3.10. The number of thiocarbonyl (C=S) groups is 1. The maximum Gasteiger partial charge on any atom is 0.121 e. The molecule has 1 heterocycles. The SMILES string of the molecule is COc1ccc(C(N)=S)c(-n2ccc(C)n2)c1. The Bertz CT molecular complexity index is 563. The van der Waals surface area contributed by atoms with E-state index in [9.17, 15) is 0 Å². The summed E-state index contributed by atoms with van der Waals surface area (Å²) >= 11 is 5.03. The zero-order valence-electron chi connectivity index (χ0n) is 9.68. The van der Waals surface area contributed by atoms with Gasteiger partial charge in [-0.15, -0.1) is 0 Å². The van der Waals surface area contributed by atoms with Gasteiger partial charge in [0.05, 0.1) is 18.5 Å². The molecule has 0 fully saturated rings. The maximum absolute atomic E-state index is 5.70. The van der Waals surface area contributed by atoms with E-state index in [0.29, 0.717) is 4.99 Å². The third-order valence-corrected chi connectivity index (χ3v) is 2.66. The Labute approximate surface area is 105 Å². The fraction of sp³-hybridized carbons (Fsp3) is 0.167. The third kappa shape index (κ3) is 2.29. The zero-order valence-corrected chi connectivity index (χ0v) is 10.5. The first-order valence-corrected chi connectivity index (χ1v) is 5.53. The molecule has 0 aliphatic heterocycles. The summed E-state index contributed by atoms with van der Waals surface area (Å²) in [6.07, 6.45) is 1.87. The molecule has 5 heteroatoms. The first kappa shape index (κ1) is 11.6. The molecule has 0 aliphatic rings. The van der Waals surface area contributed by atoms with E-state index in [4.69, 9.17) is 22.7 Å². The summed E-state index contributed by atoms with van der Waals surface area (Å²) in [5, 5.41) is 4.35. The molecule has 0 saturated heterocycles. The summed E-state index contributed by atoms with van der Waals surface area (Å²) < 4.78 is 6.94. The van der Waals surface area contributed by atoms with Gasteiger partial charge in [0.25, 0.3) is 0 Å². The third-order valence-electron chi connectivity index (χ3n) is 2.44. The van der Waals surface area contributed by atoms with E-state index in [2.05, 4.69) is 5.10 Å². The largest absolute Gasteiger partial charge is 0.497 e. The van der Waals surface area contributed by atoms with E-state index in [-0.39, 0.29) is 0 Å². The van der Waals surface area contributed by atoms with Crippen molar-refractivity contribution in [1.82, 2.24) is 9.78 Å². The second-order valence-electron chi connectivity index (χ2n) is 3.65. The number of nitrogens with two attached hydrogens (primary N) is 1. The quantitative estimate of drug-likeness (QED) is 0.841. The molecule has 0 spiro atoms. The van der Waals surface area contributed by atoms with Gasteiger partial charge in [0.15, 0.2) is 0 Å². The highest BCUT2D eigenvalue weighted by atomic mass is 32.1. The van der Waals surface area contributed by atoms with Gasteiger partial charge < -0.3 is 10.5 Å². The van der Waals surface area contributed by atoms with E-state index in [1.165, 1.54) is 0 Å². The second kappa shape index (κ2) is 4.55. The minimum absolute atomic E-state index is 0.343. The Morgan fingerprint density at radius 3 is 2.71 bits per heavy atom. The number of methoxy groups -OCH3 is 1. The monoisotopic (exact) mass is 247 g/mol. The number of hydrogen-bond acceptors (Lipinski definition) is 3. The number of ether oxygens (including phenoxy) is 1. The van der Waals surface area contributed by atoms with Crippen LogP contribution in [0.2, 0.25) is 0 Å². The van der Waals surface area contributed by atoms with Crippen LogP contribution < -0.4 is 10.5 Å². The van der Waals surface area contributed by atoms with Gasteiger partial charge in [0.1, 0.15) is 10.7 Å². The first-order valence-electron chi connectivity index (χ1n) is 5.12. The summed E-state index contributed by atoms with van der Waals surface area (Å²) in [5.41, 5.74) is 8.24. The minimum Gasteiger partial charge on any atom is -0.497 e. The van der Waals surface area contributed by atoms with E-state index in [1.54, 1.807) is 11.8 Å². The van der Waals surface area contributed by atoms with E-state index in [0.717, 1.165) is 22.7 Å². The molecule has 2 N–H and O–H groups in total. The van der Waals surface area contributed by atoms with Gasteiger partial charge in [-0.2, -0.15) is 5.10 Å². The molecule has 0 aliphatic carbocycles. The lowest BCUT2D eigenvalue weighted by atomic mass is 10.1. The van der Waals surface area contributed by atoms with Crippen molar-refractivity contribution in [3.05, 3.63) is 41.7 Å². The molecule has 0 unspecified atom stereocenters. The average Bonchev–Trinajstić information content (AvgIpc) is 2.75. The topological polar surface area (TPSA) is 53.1 Å². The Balaban J connectivity index is 2.60. The molecule has 0 bridgehead atoms. The molecule has 0 saturated carbocycles. The van der Waals surface area contributed by atoms with Crippen LogP contribution in [0, 0.1) is 6.92 Å². The summed E-state index contributed by atoms with van der Waals surface area (Å²) in [7, 11) is 1.62. The van der Waals surface area contributed by atoms with Crippen LogP contribution in [0.15, 0.2) is 30.5 Å². The van der Waals surface area contributed by atoms with Crippen molar-refractivity contribution in [1.29, 1.82) is 0 Å². The van der Waals surface area contributed by atoms with Gasteiger partial charge in [-0.05, 0) is 25.1 Å². The lowest BCUT2D eigenvalue weighted by Gasteiger charge is -2.10. The van der Waals surface area contributed by atoms with Gasteiger partial charge in [-0.25, -0.2) is 4.68 Å². The van der Waals surface area contributed by atoms with Gasteiger partial charge >= 0.3 is 0 Å². The number of benzene rings is 1. The van der Waals surface area contributed by atoms with Crippen LogP contribution in [0.3, 0.4) is 0 Å². The van der Waals surface area contributed by atoms with Crippen molar-refractivity contribution in [2.24, 2.45) is 5.73 Å². The number of aromatic nitrogens is 2. The maximum atomic E-state index is 5.70. The fourth-order valence-corrected chi connectivity index (χ4v) is 1.76. The molecule has 1 aromatic carbocycles. The predicted octanol–water partition coefficient (Wildman–Crippen LogP) is 1.82. The molecule has 88 valence electrons. The molecule has 1 aromatic heterocycles. The number of aryl methyl sites for hydroxylation is 1. The number of nitrogens with zero attached hydrogens (tertiary/aromatic N) is 2. The molecule has 2 aromatic rings. The minimum atomic E-state index is 0.343.